The minimum atomic E-state index is -0.135. The Morgan fingerprint density at radius 3 is 2.82 bits per heavy atom. The molecule has 1 aromatic heterocycles. The maximum Gasteiger partial charge on any atom is 0.259 e. The van der Waals surface area contributed by atoms with Gasteiger partial charge in [0, 0.05) is 5.69 Å². The fourth-order valence-corrected chi connectivity index (χ4v) is 1.69. The molecule has 0 aliphatic rings. The van der Waals surface area contributed by atoms with Gasteiger partial charge in [-0.2, -0.15) is 0 Å². The maximum atomic E-state index is 11.9. The lowest BCUT2D eigenvalue weighted by atomic mass is 10.1. The van der Waals surface area contributed by atoms with Gasteiger partial charge in [0.05, 0.1) is 11.8 Å². The Kier molecular flexibility index (Phi) is 3.28. The summed E-state index contributed by atoms with van der Waals surface area (Å²) < 4.78 is 5.11. The molecule has 0 radical (unpaired) electrons. The number of aryl methyl sites for hydroxylation is 2. The molecule has 0 atom stereocenters. The van der Waals surface area contributed by atoms with Gasteiger partial charge in [-0.15, -0.1) is 0 Å². The van der Waals surface area contributed by atoms with Crippen LogP contribution in [0.4, 0.5) is 5.69 Å². The number of anilines is 1. The SMILES string of the molecule is CCc1cccc(NC(=O)c2ccoc2C)c1. The van der Waals surface area contributed by atoms with E-state index in [0.29, 0.717) is 11.3 Å². The summed E-state index contributed by atoms with van der Waals surface area (Å²) in [5, 5.41) is 2.86. The van der Waals surface area contributed by atoms with Crippen molar-refractivity contribution >= 4 is 11.6 Å². The Morgan fingerprint density at radius 1 is 1.35 bits per heavy atom. The van der Waals surface area contributed by atoms with Crippen molar-refractivity contribution in [3.63, 3.8) is 0 Å². The second kappa shape index (κ2) is 4.87. The van der Waals surface area contributed by atoms with Crippen LogP contribution in [0.3, 0.4) is 0 Å². The first-order valence-corrected chi connectivity index (χ1v) is 5.65. The molecule has 3 nitrogen and oxygen atoms in total. The average Bonchev–Trinajstić information content (AvgIpc) is 2.76. The van der Waals surface area contributed by atoms with Crippen molar-refractivity contribution in [1.29, 1.82) is 0 Å². The van der Waals surface area contributed by atoms with E-state index < -0.39 is 0 Å². The highest BCUT2D eigenvalue weighted by molar-refractivity contribution is 6.04. The van der Waals surface area contributed by atoms with Crippen LogP contribution in [0, 0.1) is 6.92 Å². The van der Waals surface area contributed by atoms with Crippen LogP contribution >= 0.6 is 0 Å². The van der Waals surface area contributed by atoms with Crippen LogP contribution in [0.15, 0.2) is 41.0 Å². The largest absolute Gasteiger partial charge is 0.469 e. The predicted octanol–water partition coefficient (Wildman–Crippen LogP) is 3.40. The summed E-state index contributed by atoms with van der Waals surface area (Å²) in [6.45, 7) is 3.86. The van der Waals surface area contributed by atoms with Crippen molar-refractivity contribution in [2.45, 2.75) is 20.3 Å². The number of carbonyl (C=O) groups excluding carboxylic acids is 1. The van der Waals surface area contributed by atoms with E-state index >= 15 is 0 Å². The van der Waals surface area contributed by atoms with Gasteiger partial charge in [-0.1, -0.05) is 19.1 Å². The number of carbonyl (C=O) groups is 1. The Bertz CT molecular complexity index is 529. The second-order valence-corrected chi connectivity index (χ2v) is 3.90. The van der Waals surface area contributed by atoms with Crippen molar-refractivity contribution in [3.05, 3.63) is 53.5 Å². The molecule has 17 heavy (non-hydrogen) atoms. The van der Waals surface area contributed by atoms with Gasteiger partial charge in [0.15, 0.2) is 0 Å². The van der Waals surface area contributed by atoms with Crippen molar-refractivity contribution in [3.8, 4) is 0 Å². The van der Waals surface area contributed by atoms with Gasteiger partial charge in [-0.3, -0.25) is 4.79 Å². The van der Waals surface area contributed by atoms with Gasteiger partial charge in [-0.05, 0) is 37.1 Å². The quantitative estimate of drug-likeness (QED) is 0.876. The minimum absolute atomic E-state index is 0.135. The molecule has 88 valence electrons. The molecular weight excluding hydrogens is 214 g/mol. The van der Waals surface area contributed by atoms with E-state index in [1.54, 1.807) is 13.0 Å². The summed E-state index contributed by atoms with van der Waals surface area (Å²) in [5.41, 5.74) is 2.59. The molecule has 1 aromatic carbocycles. The highest BCUT2D eigenvalue weighted by Gasteiger charge is 2.11. The normalized spacial score (nSPS) is 10.2. The van der Waals surface area contributed by atoms with E-state index in [2.05, 4.69) is 12.2 Å². The summed E-state index contributed by atoms with van der Waals surface area (Å²) in [6.07, 6.45) is 2.47. The molecule has 1 N–H and O–H groups in total. The molecule has 0 bridgehead atoms. The lowest BCUT2D eigenvalue weighted by Gasteiger charge is -2.05. The van der Waals surface area contributed by atoms with Crippen LogP contribution < -0.4 is 5.32 Å². The first-order valence-electron chi connectivity index (χ1n) is 5.65. The van der Waals surface area contributed by atoms with E-state index in [-0.39, 0.29) is 5.91 Å². The van der Waals surface area contributed by atoms with E-state index in [4.69, 9.17) is 4.42 Å². The van der Waals surface area contributed by atoms with Gasteiger partial charge in [-0.25, -0.2) is 0 Å². The lowest BCUT2D eigenvalue weighted by molar-refractivity contribution is 0.102. The van der Waals surface area contributed by atoms with Gasteiger partial charge >= 0.3 is 0 Å². The summed E-state index contributed by atoms with van der Waals surface area (Å²) in [6, 6.07) is 9.52. The molecular formula is C14H15NO2. The Morgan fingerprint density at radius 2 is 2.18 bits per heavy atom. The predicted molar refractivity (Wildman–Crippen MR) is 67.2 cm³/mol. The van der Waals surface area contributed by atoms with Crippen LogP contribution in [0.2, 0.25) is 0 Å². The number of benzene rings is 1. The summed E-state index contributed by atoms with van der Waals surface area (Å²) in [5.74, 6) is 0.499. The number of hydrogen-bond acceptors (Lipinski definition) is 2. The van der Waals surface area contributed by atoms with Crippen LogP contribution in [0.25, 0.3) is 0 Å². The van der Waals surface area contributed by atoms with Crippen molar-refractivity contribution in [2.75, 3.05) is 5.32 Å². The zero-order chi connectivity index (χ0) is 12.3. The minimum Gasteiger partial charge on any atom is -0.469 e. The molecule has 0 unspecified atom stereocenters. The highest BCUT2D eigenvalue weighted by atomic mass is 16.3. The van der Waals surface area contributed by atoms with E-state index in [0.717, 1.165) is 12.1 Å². The van der Waals surface area contributed by atoms with E-state index in [1.807, 2.05) is 24.3 Å². The van der Waals surface area contributed by atoms with Gasteiger partial charge < -0.3 is 9.73 Å². The third kappa shape index (κ3) is 2.56. The number of rotatable bonds is 3. The van der Waals surface area contributed by atoms with Crippen LogP contribution in [-0.2, 0) is 6.42 Å². The fourth-order valence-electron chi connectivity index (χ4n) is 1.69. The van der Waals surface area contributed by atoms with Crippen LogP contribution in [0.5, 0.6) is 0 Å². The van der Waals surface area contributed by atoms with Crippen molar-refractivity contribution in [1.82, 2.24) is 0 Å². The molecule has 0 aliphatic heterocycles. The molecule has 0 saturated carbocycles. The molecule has 1 amide bonds. The number of nitrogens with one attached hydrogen (secondary N) is 1. The molecule has 0 aliphatic carbocycles. The van der Waals surface area contributed by atoms with Gasteiger partial charge in [0.2, 0.25) is 0 Å². The molecule has 1 heterocycles. The highest BCUT2D eigenvalue weighted by Crippen LogP contribution is 2.15. The van der Waals surface area contributed by atoms with Crippen LogP contribution in [-0.4, -0.2) is 5.91 Å². The lowest BCUT2D eigenvalue weighted by Crippen LogP contribution is -2.12. The van der Waals surface area contributed by atoms with Crippen molar-refractivity contribution < 1.29 is 9.21 Å². The number of furan rings is 1. The number of hydrogen-bond donors (Lipinski definition) is 1. The third-order valence-electron chi connectivity index (χ3n) is 2.70. The van der Waals surface area contributed by atoms with E-state index in [9.17, 15) is 4.79 Å². The number of amides is 1. The first kappa shape index (κ1) is 11.5. The molecule has 0 saturated heterocycles. The summed E-state index contributed by atoms with van der Waals surface area (Å²) >= 11 is 0. The average molecular weight is 229 g/mol. The monoisotopic (exact) mass is 229 g/mol. The second-order valence-electron chi connectivity index (χ2n) is 3.90. The first-order chi connectivity index (χ1) is 8.20. The van der Waals surface area contributed by atoms with Gasteiger partial charge in [0.1, 0.15) is 5.76 Å². The molecule has 2 aromatic rings. The molecule has 0 fully saturated rings. The summed E-state index contributed by atoms with van der Waals surface area (Å²) in [4.78, 5) is 11.9. The van der Waals surface area contributed by atoms with Crippen LogP contribution in [0.1, 0.15) is 28.6 Å². The standard InChI is InChI=1S/C14H15NO2/c1-3-11-5-4-6-12(9-11)15-14(16)13-7-8-17-10(13)2/h4-9H,3H2,1-2H3,(H,15,16). The fraction of sp³-hybridized carbons (Fsp3) is 0.214. The van der Waals surface area contributed by atoms with E-state index in [1.165, 1.54) is 11.8 Å². The zero-order valence-electron chi connectivity index (χ0n) is 9.99. The van der Waals surface area contributed by atoms with Gasteiger partial charge in [0.25, 0.3) is 5.91 Å². The Hall–Kier alpha value is -2.03. The summed E-state index contributed by atoms with van der Waals surface area (Å²) in [7, 11) is 0. The Labute approximate surface area is 100 Å². The topological polar surface area (TPSA) is 42.2 Å². The Balaban J connectivity index is 2.16. The smallest absolute Gasteiger partial charge is 0.259 e. The molecule has 0 spiro atoms. The zero-order valence-corrected chi connectivity index (χ0v) is 9.99. The van der Waals surface area contributed by atoms with Crippen molar-refractivity contribution in [2.24, 2.45) is 0 Å². The third-order valence-corrected chi connectivity index (χ3v) is 2.70. The molecule has 3 heteroatoms. The molecule has 2 rings (SSSR count). The maximum absolute atomic E-state index is 11.9.